The van der Waals surface area contributed by atoms with Gasteiger partial charge in [0.05, 0.1) is 35.7 Å². The molecule has 6 aromatic rings. The molecule has 30 heteroatoms. The number of aryl methyl sites for hydroxylation is 4. The van der Waals surface area contributed by atoms with Crippen molar-refractivity contribution in [2.75, 3.05) is 31.2 Å². The standard InChI is InChI=1S/C29H41N7O4S.C19H21ClN6O4S.C10H21N.CH2O3.2K.H/c1-19-22(17-34(8)31-19)41(38,39)33-26(37)21-9-10-23(36-14-11-24(32-36)40-18-29(7)12-13-29)30-25(21)35-16-20(27(2,3)4)15-28(35,5)6;1-12-14(10-25(3)22-12)31(28,29)24-18(27)13-4-5-15(21-17(13)20)26-9-6-16(23-26)30-11-19(2)7-8-19;1-9(2,3)8-6-10(4,5)11-7-8;2-1-4-3;;;/h9-11,14,17,20H,12-13,15-16,18H2,1-8H3,(H,33,37);4-6,9-10H,7-8,11H2,1-3H3,(H,24,27);8,11H,6-7H2,1-5H3;1,3H;;;/q;;;;2*+1;-1/p-1. The number of carbonyl (C=O) groups is 3. The Bertz CT molecular complexity index is 3700. The molecule has 89 heavy (non-hydrogen) atoms. The van der Waals surface area contributed by atoms with Crippen LogP contribution in [0.4, 0.5) is 5.82 Å². The van der Waals surface area contributed by atoms with Crippen molar-refractivity contribution in [3.63, 3.8) is 0 Å². The number of sulfonamides is 2. The third kappa shape index (κ3) is 20.4. The van der Waals surface area contributed by atoms with Crippen LogP contribution in [0.1, 0.15) is 155 Å². The fourth-order valence-electron chi connectivity index (χ4n) is 10.0. The van der Waals surface area contributed by atoms with Gasteiger partial charge in [0.15, 0.2) is 11.6 Å². The Morgan fingerprint density at radius 3 is 1.47 bits per heavy atom. The van der Waals surface area contributed by atoms with Gasteiger partial charge >= 0.3 is 103 Å². The molecular weight excluding hydrogens is 1260 g/mol. The van der Waals surface area contributed by atoms with Crippen molar-refractivity contribution in [2.45, 2.75) is 156 Å². The van der Waals surface area contributed by atoms with E-state index in [1.165, 1.54) is 58.5 Å². The number of ether oxygens (including phenoxy) is 2. The average Bonchev–Trinajstić information content (AvgIpc) is 1.52. The zero-order chi connectivity index (χ0) is 64.5. The van der Waals surface area contributed by atoms with Crippen LogP contribution in [0.3, 0.4) is 0 Å². The SMILES string of the molecule is CC1(C)CC(C(C)(C)C)CN1.Cc1nn(C)cc1S(=O)(=O)NC(=O)c1ccc(-n2ccc(OCC3(C)CC3)n2)nc1Cl.Cc1nn(C)cc1S(=O)(=O)NC(=O)c1ccc(-n2ccc(OCC3(C)CC3)n2)nc1N1CC(C(C)(C)C)CC1(C)C.O=CO[O-].[H-].[K+].[K+]. The summed E-state index contributed by atoms with van der Waals surface area (Å²) in [5.41, 5.74) is 1.69. The van der Waals surface area contributed by atoms with E-state index in [9.17, 15) is 26.4 Å². The van der Waals surface area contributed by atoms with Crippen LogP contribution in [0.5, 0.6) is 11.8 Å². The summed E-state index contributed by atoms with van der Waals surface area (Å²) in [6.45, 7) is 32.9. The van der Waals surface area contributed by atoms with Gasteiger partial charge in [-0.15, -0.1) is 10.2 Å². The molecule has 478 valence electrons. The van der Waals surface area contributed by atoms with Gasteiger partial charge in [0.1, 0.15) is 20.8 Å². The zero-order valence-electron chi connectivity index (χ0n) is 55.7. The van der Waals surface area contributed by atoms with Crippen LogP contribution in [0, 0.1) is 47.3 Å². The molecule has 4 fully saturated rings. The molecule has 0 radical (unpaired) electrons. The molecule has 2 saturated carbocycles. The number of halogens is 1. The Morgan fingerprint density at radius 1 is 0.697 bits per heavy atom. The molecule has 0 aromatic carbocycles. The first-order chi connectivity index (χ1) is 40.3. The number of hydrogen-bond donors (Lipinski definition) is 3. The minimum absolute atomic E-state index is 0. The summed E-state index contributed by atoms with van der Waals surface area (Å²) >= 11 is 6.16. The summed E-state index contributed by atoms with van der Waals surface area (Å²) in [6.07, 6.45) is 12.9. The minimum Gasteiger partial charge on any atom is -1.00 e. The van der Waals surface area contributed by atoms with Gasteiger partial charge < -0.3 is 31.3 Å². The molecule has 8 heterocycles. The molecule has 10 rings (SSSR count). The molecule has 0 spiro atoms. The van der Waals surface area contributed by atoms with Gasteiger partial charge in [-0.2, -0.15) is 10.2 Å². The zero-order valence-corrected chi connectivity index (χ0v) is 63.3. The smallest absolute Gasteiger partial charge is 1.00 e. The maximum absolute atomic E-state index is 13.6. The van der Waals surface area contributed by atoms with Crippen LogP contribution in [-0.4, -0.2) is 122 Å². The molecule has 4 aliphatic rings. The molecule has 2 saturated heterocycles. The molecule has 6 aromatic heterocycles. The van der Waals surface area contributed by atoms with Crippen molar-refractivity contribution < 1.29 is 155 Å². The monoisotopic (exact) mass is 1340 g/mol. The fraction of sp³-hybridized carbons (Fsp3) is 0.576. The molecule has 2 aliphatic heterocycles. The summed E-state index contributed by atoms with van der Waals surface area (Å²) in [7, 11) is -5.04. The first-order valence-electron chi connectivity index (χ1n) is 28.7. The molecule has 3 N–H and O–H groups in total. The molecular formula is C59H85ClK2N14O11S2. The Labute approximate surface area is 614 Å². The van der Waals surface area contributed by atoms with Crippen molar-refractivity contribution in [1.29, 1.82) is 0 Å². The maximum atomic E-state index is 13.6. The Balaban J connectivity index is 0.000000310. The third-order valence-electron chi connectivity index (χ3n) is 16.3. The van der Waals surface area contributed by atoms with Crippen molar-refractivity contribution in [3.8, 4) is 23.4 Å². The number of aromatic nitrogens is 10. The predicted octanol–water partition coefficient (Wildman–Crippen LogP) is 1.49. The van der Waals surface area contributed by atoms with Crippen LogP contribution in [0.25, 0.3) is 11.6 Å². The average molecular weight is 1340 g/mol. The number of hydrogen-bond acceptors (Lipinski definition) is 19. The summed E-state index contributed by atoms with van der Waals surface area (Å²) in [5, 5.41) is 28.8. The molecule has 2 amide bonds. The van der Waals surface area contributed by atoms with E-state index in [4.69, 9.17) is 36.1 Å². The van der Waals surface area contributed by atoms with E-state index in [2.05, 4.69) is 128 Å². The number of amides is 2. The van der Waals surface area contributed by atoms with Crippen molar-refractivity contribution in [3.05, 3.63) is 88.9 Å². The van der Waals surface area contributed by atoms with Gasteiger partial charge in [-0.3, -0.25) is 23.7 Å². The predicted molar refractivity (Wildman–Crippen MR) is 325 cm³/mol. The first-order valence-corrected chi connectivity index (χ1v) is 32.1. The minimum atomic E-state index is -4.16. The number of nitrogens with one attached hydrogen (secondary N) is 3. The second-order valence-electron chi connectivity index (χ2n) is 27.2. The second-order valence-corrected chi connectivity index (χ2v) is 30.9. The van der Waals surface area contributed by atoms with Crippen LogP contribution in [0.15, 0.2) is 71.0 Å². The summed E-state index contributed by atoms with van der Waals surface area (Å²) in [6, 6.07) is 9.70. The normalized spacial score (nSPS) is 18.4. The van der Waals surface area contributed by atoms with Gasteiger partial charge in [-0.1, -0.05) is 67.0 Å². The van der Waals surface area contributed by atoms with Gasteiger partial charge in [0, 0.05) is 79.5 Å². The number of carbonyl (C=O) groups excluding carboxylic acids is 3. The molecule has 25 nitrogen and oxygen atoms in total. The third-order valence-corrected chi connectivity index (χ3v) is 19.5. The number of pyridine rings is 2. The van der Waals surface area contributed by atoms with E-state index in [1.54, 1.807) is 62.4 Å². The van der Waals surface area contributed by atoms with Gasteiger partial charge in [-0.25, -0.2) is 45.6 Å². The van der Waals surface area contributed by atoms with Gasteiger partial charge in [0.25, 0.3) is 38.3 Å². The van der Waals surface area contributed by atoms with E-state index in [1.807, 2.05) is 4.72 Å². The van der Waals surface area contributed by atoms with E-state index < -0.39 is 31.9 Å². The van der Waals surface area contributed by atoms with Crippen molar-refractivity contribution in [2.24, 2.45) is 47.6 Å². The summed E-state index contributed by atoms with van der Waals surface area (Å²) in [4.78, 5) is 48.5. The summed E-state index contributed by atoms with van der Waals surface area (Å²) < 4.78 is 73.1. The Morgan fingerprint density at radius 2 is 1.12 bits per heavy atom. The number of rotatable bonds is 16. The molecule has 0 bridgehead atoms. The molecule has 2 atom stereocenters. The van der Waals surface area contributed by atoms with Crippen molar-refractivity contribution in [1.82, 2.24) is 63.9 Å². The number of anilines is 1. The van der Waals surface area contributed by atoms with E-state index in [0.717, 1.165) is 38.0 Å². The Kier molecular flexibility index (Phi) is 25.4. The molecule has 2 unspecified atom stereocenters. The van der Waals surface area contributed by atoms with Crippen LogP contribution in [0.2, 0.25) is 5.15 Å². The van der Waals surface area contributed by atoms with Crippen molar-refractivity contribution >= 4 is 55.8 Å². The molecule has 2 aliphatic carbocycles. The maximum Gasteiger partial charge on any atom is 1.00 e. The number of nitrogens with zero attached hydrogens (tertiary/aromatic N) is 11. The van der Waals surface area contributed by atoms with E-state index >= 15 is 0 Å². The van der Waals surface area contributed by atoms with Crippen LogP contribution >= 0.6 is 11.6 Å². The largest absolute Gasteiger partial charge is 1.00 e. The van der Waals surface area contributed by atoms with E-state index in [0.29, 0.717) is 71.5 Å². The second kappa shape index (κ2) is 29.7. The first kappa shape index (κ1) is 76.0. The van der Waals surface area contributed by atoms with Gasteiger partial charge in [-0.05, 0) is 134 Å². The quantitative estimate of drug-likeness (QED) is 0.0406. The Hall–Kier alpha value is -3.67. The summed E-state index contributed by atoms with van der Waals surface area (Å²) in [5.74, 6) is 1.80. The van der Waals surface area contributed by atoms with Crippen LogP contribution < -0.4 is 137 Å². The van der Waals surface area contributed by atoms with Crippen LogP contribution in [-0.2, 0) is 43.8 Å². The van der Waals surface area contributed by atoms with E-state index in [-0.39, 0.29) is 164 Å². The topological polar surface area (TPSA) is 307 Å². The fourth-order valence-corrected chi connectivity index (χ4v) is 12.6. The van der Waals surface area contributed by atoms with Gasteiger partial charge in [0.2, 0.25) is 11.8 Å².